The summed E-state index contributed by atoms with van der Waals surface area (Å²) in [5.41, 5.74) is 0. The van der Waals surface area contributed by atoms with Gasteiger partial charge in [0.2, 0.25) is 0 Å². The first-order valence-corrected chi connectivity index (χ1v) is 3.43. The lowest BCUT2D eigenvalue weighted by atomic mass is 10.4. The molecule has 1 heterocycles. The molecule has 1 rings (SSSR count). The van der Waals surface area contributed by atoms with Crippen LogP contribution in [0.1, 0.15) is 0 Å². The predicted molar refractivity (Wildman–Crippen MR) is 41.2 cm³/mol. The van der Waals surface area contributed by atoms with E-state index in [1.54, 1.807) is 6.26 Å². The molecule has 0 unspecified atom stereocenters. The Kier molecular flexibility index (Phi) is 1.81. The van der Waals surface area contributed by atoms with Crippen molar-refractivity contribution in [3.63, 3.8) is 0 Å². The Hall–Kier alpha value is -0.760. The second kappa shape index (κ2) is 2.46. The zero-order valence-corrected chi connectivity index (χ0v) is 6.63. The quantitative estimate of drug-likeness (QED) is 0.421. The summed E-state index contributed by atoms with van der Waals surface area (Å²) in [6.07, 6.45) is 3.73. The standard InChI is InChI=1S/C8H14NO/c1-4-5-9(2,3)6-8-7-10-8/h4,7H,1,5-6H2,2-3H3/q+1. The van der Waals surface area contributed by atoms with Crippen LogP contribution in [0.5, 0.6) is 0 Å². The van der Waals surface area contributed by atoms with E-state index in [-0.39, 0.29) is 0 Å². The molecule has 0 radical (unpaired) electrons. The molecule has 0 aromatic heterocycles. The lowest BCUT2D eigenvalue weighted by molar-refractivity contribution is -0.880. The zero-order valence-electron chi connectivity index (χ0n) is 6.63. The lowest BCUT2D eigenvalue weighted by Gasteiger charge is -2.25. The van der Waals surface area contributed by atoms with Crippen LogP contribution in [0.2, 0.25) is 0 Å². The summed E-state index contributed by atoms with van der Waals surface area (Å²) < 4.78 is 5.86. The van der Waals surface area contributed by atoms with Gasteiger partial charge in [0.25, 0.3) is 0 Å². The van der Waals surface area contributed by atoms with Gasteiger partial charge in [0, 0.05) is 0 Å². The van der Waals surface area contributed by atoms with E-state index in [9.17, 15) is 0 Å². The van der Waals surface area contributed by atoms with E-state index in [1.807, 2.05) is 6.08 Å². The molecule has 1 aliphatic heterocycles. The Bertz CT molecular complexity index is 170. The van der Waals surface area contributed by atoms with E-state index in [4.69, 9.17) is 4.74 Å². The minimum atomic E-state index is 0.926. The monoisotopic (exact) mass is 140 g/mol. The average Bonchev–Trinajstić information content (AvgIpc) is 2.48. The molecule has 0 saturated carbocycles. The van der Waals surface area contributed by atoms with Crippen LogP contribution < -0.4 is 0 Å². The second-order valence-electron chi connectivity index (χ2n) is 3.27. The number of ether oxygens (including phenoxy) is 1. The maximum Gasteiger partial charge on any atom is 0.192 e. The second-order valence-corrected chi connectivity index (χ2v) is 3.27. The molecule has 0 aliphatic carbocycles. The van der Waals surface area contributed by atoms with Gasteiger partial charge in [-0.25, -0.2) is 0 Å². The van der Waals surface area contributed by atoms with Crippen molar-refractivity contribution in [3.05, 3.63) is 24.7 Å². The van der Waals surface area contributed by atoms with Crippen molar-refractivity contribution < 1.29 is 9.22 Å². The molecular formula is C8H14NO+. The molecule has 0 N–H and O–H groups in total. The smallest absolute Gasteiger partial charge is 0.192 e. The van der Waals surface area contributed by atoms with Crippen molar-refractivity contribution in [1.29, 1.82) is 0 Å². The van der Waals surface area contributed by atoms with Gasteiger partial charge >= 0.3 is 0 Å². The van der Waals surface area contributed by atoms with Crippen molar-refractivity contribution in [3.8, 4) is 0 Å². The molecule has 0 atom stereocenters. The van der Waals surface area contributed by atoms with E-state index in [0.717, 1.165) is 23.3 Å². The third-order valence-corrected chi connectivity index (χ3v) is 1.49. The first-order valence-electron chi connectivity index (χ1n) is 3.43. The van der Waals surface area contributed by atoms with Gasteiger partial charge in [-0.2, -0.15) is 0 Å². The van der Waals surface area contributed by atoms with Gasteiger partial charge < -0.3 is 9.22 Å². The average molecular weight is 140 g/mol. The third kappa shape index (κ3) is 2.23. The van der Waals surface area contributed by atoms with Crippen molar-refractivity contribution in [2.75, 3.05) is 27.2 Å². The van der Waals surface area contributed by atoms with Crippen LogP contribution in [0.25, 0.3) is 0 Å². The molecule has 1 aliphatic rings. The molecule has 0 fully saturated rings. The van der Waals surface area contributed by atoms with Gasteiger partial charge in [-0.15, -0.1) is 0 Å². The van der Waals surface area contributed by atoms with Gasteiger partial charge in [-0.05, 0) is 6.08 Å². The molecule has 2 heteroatoms. The molecule has 0 spiro atoms. The third-order valence-electron chi connectivity index (χ3n) is 1.49. The Labute approximate surface area is 62.0 Å². The minimum Gasteiger partial charge on any atom is -0.456 e. The number of rotatable bonds is 4. The number of hydrogen-bond acceptors (Lipinski definition) is 1. The van der Waals surface area contributed by atoms with Crippen molar-refractivity contribution in [1.82, 2.24) is 0 Å². The molecule has 0 bridgehead atoms. The lowest BCUT2D eigenvalue weighted by Crippen LogP contribution is -2.40. The summed E-state index contributed by atoms with van der Waals surface area (Å²) >= 11 is 0. The van der Waals surface area contributed by atoms with Gasteiger partial charge in [-0.1, -0.05) is 6.58 Å². The molecule has 56 valence electrons. The Morgan fingerprint density at radius 3 is 2.70 bits per heavy atom. The summed E-state index contributed by atoms with van der Waals surface area (Å²) in [7, 11) is 4.31. The first-order chi connectivity index (χ1) is 4.64. The first kappa shape index (κ1) is 7.35. The van der Waals surface area contributed by atoms with Crippen LogP contribution in [0.3, 0.4) is 0 Å². The Morgan fingerprint density at radius 1 is 1.70 bits per heavy atom. The fourth-order valence-electron chi connectivity index (χ4n) is 0.952. The highest BCUT2D eigenvalue weighted by atomic mass is 16.5. The molecule has 2 nitrogen and oxygen atoms in total. The van der Waals surface area contributed by atoms with Crippen LogP contribution in [0.15, 0.2) is 24.7 Å². The fourth-order valence-corrected chi connectivity index (χ4v) is 0.952. The van der Waals surface area contributed by atoms with E-state index in [2.05, 4.69) is 20.7 Å². The van der Waals surface area contributed by atoms with E-state index >= 15 is 0 Å². The minimum absolute atomic E-state index is 0.926. The summed E-state index contributed by atoms with van der Waals surface area (Å²) in [6.45, 7) is 5.66. The van der Waals surface area contributed by atoms with E-state index < -0.39 is 0 Å². The number of likely N-dealkylation sites (N-methyl/N-ethyl adjacent to an activating group) is 1. The Morgan fingerprint density at radius 2 is 2.30 bits per heavy atom. The summed E-state index contributed by atoms with van der Waals surface area (Å²) in [6, 6.07) is 0. The van der Waals surface area contributed by atoms with E-state index in [0.29, 0.717) is 0 Å². The normalized spacial score (nSPS) is 15.6. The highest BCUT2D eigenvalue weighted by molar-refractivity contribution is 5.02. The van der Waals surface area contributed by atoms with Crippen LogP contribution in [-0.4, -0.2) is 31.7 Å². The van der Waals surface area contributed by atoms with Gasteiger partial charge in [0.1, 0.15) is 12.8 Å². The van der Waals surface area contributed by atoms with Gasteiger partial charge in [0.05, 0.1) is 20.6 Å². The topological polar surface area (TPSA) is 12.5 Å². The summed E-state index contributed by atoms with van der Waals surface area (Å²) in [5, 5.41) is 0. The molecule has 0 saturated heterocycles. The molecule has 0 aromatic carbocycles. The number of quaternary nitrogens is 1. The Balaban J connectivity index is 2.32. The van der Waals surface area contributed by atoms with Crippen LogP contribution in [0.4, 0.5) is 0 Å². The molecular weight excluding hydrogens is 126 g/mol. The van der Waals surface area contributed by atoms with Gasteiger partial charge in [0.15, 0.2) is 5.76 Å². The molecule has 0 aromatic rings. The highest BCUT2D eigenvalue weighted by Crippen LogP contribution is 2.16. The largest absolute Gasteiger partial charge is 0.456 e. The van der Waals surface area contributed by atoms with Crippen LogP contribution >= 0.6 is 0 Å². The fraction of sp³-hybridized carbons (Fsp3) is 0.500. The SMILES string of the molecule is C=CC[N+](C)(C)CC1=CO1. The number of hydrogen-bond donors (Lipinski definition) is 0. The molecule has 0 amide bonds. The van der Waals surface area contributed by atoms with Crippen LogP contribution in [0, 0.1) is 0 Å². The summed E-state index contributed by atoms with van der Waals surface area (Å²) in [4.78, 5) is 0. The maximum absolute atomic E-state index is 4.93. The van der Waals surface area contributed by atoms with Crippen LogP contribution in [-0.2, 0) is 4.74 Å². The predicted octanol–water partition coefficient (Wildman–Crippen LogP) is 1.12. The van der Waals surface area contributed by atoms with Crippen molar-refractivity contribution in [2.24, 2.45) is 0 Å². The maximum atomic E-state index is 4.93. The number of nitrogens with zero attached hydrogens (tertiary/aromatic N) is 1. The van der Waals surface area contributed by atoms with E-state index in [1.165, 1.54) is 0 Å². The zero-order chi connectivity index (χ0) is 7.61. The van der Waals surface area contributed by atoms with Crippen molar-refractivity contribution in [2.45, 2.75) is 0 Å². The van der Waals surface area contributed by atoms with Gasteiger partial charge in [-0.3, -0.25) is 0 Å². The molecule has 10 heavy (non-hydrogen) atoms. The van der Waals surface area contributed by atoms with Crippen molar-refractivity contribution >= 4 is 0 Å². The highest BCUT2D eigenvalue weighted by Gasteiger charge is 2.22. The summed E-state index contributed by atoms with van der Waals surface area (Å²) in [5.74, 6) is 1.10.